The van der Waals surface area contributed by atoms with Gasteiger partial charge in [-0.2, -0.15) is 0 Å². The number of aromatic nitrogens is 2. The molecule has 0 radical (unpaired) electrons. The summed E-state index contributed by atoms with van der Waals surface area (Å²) in [4.78, 5) is 9.37. The SMILES string of the molecule is C=C/C(=C\C=C(\C)CC)Sc1ncccn1. The van der Waals surface area contributed by atoms with Crippen molar-refractivity contribution in [2.75, 3.05) is 0 Å². The Balaban J connectivity index is 2.73. The van der Waals surface area contributed by atoms with Gasteiger partial charge >= 0.3 is 0 Å². The molecule has 1 rings (SSSR count). The maximum Gasteiger partial charge on any atom is 0.192 e. The number of thioether (sulfide) groups is 1. The molecule has 0 amide bonds. The third-order valence-corrected chi connectivity index (χ3v) is 2.97. The van der Waals surface area contributed by atoms with E-state index in [9.17, 15) is 0 Å². The van der Waals surface area contributed by atoms with E-state index in [2.05, 4.69) is 36.5 Å². The van der Waals surface area contributed by atoms with Gasteiger partial charge in [0.15, 0.2) is 5.16 Å². The second-order valence-electron chi connectivity index (χ2n) is 3.27. The molecule has 0 fully saturated rings. The number of hydrogen-bond donors (Lipinski definition) is 0. The Morgan fingerprint density at radius 1 is 1.38 bits per heavy atom. The predicted octanol–water partition coefficient (Wildman–Crippen LogP) is 3.99. The Labute approximate surface area is 101 Å². The van der Waals surface area contributed by atoms with Crippen molar-refractivity contribution < 1.29 is 0 Å². The molecule has 0 aliphatic heterocycles. The fourth-order valence-electron chi connectivity index (χ4n) is 0.930. The minimum absolute atomic E-state index is 0.746. The highest BCUT2D eigenvalue weighted by Gasteiger charge is 1.97. The zero-order chi connectivity index (χ0) is 11.8. The molecule has 0 aromatic carbocycles. The minimum Gasteiger partial charge on any atom is -0.231 e. The van der Waals surface area contributed by atoms with Crippen LogP contribution in [0.4, 0.5) is 0 Å². The van der Waals surface area contributed by atoms with Crippen molar-refractivity contribution in [2.45, 2.75) is 25.4 Å². The van der Waals surface area contributed by atoms with Crippen LogP contribution < -0.4 is 0 Å². The molecule has 0 aliphatic carbocycles. The normalized spacial score (nSPS) is 12.6. The monoisotopic (exact) mass is 232 g/mol. The zero-order valence-corrected chi connectivity index (χ0v) is 10.5. The maximum absolute atomic E-state index is 4.16. The first-order valence-corrected chi connectivity index (χ1v) is 6.02. The standard InChI is InChI=1S/C13H16N2S/c1-4-11(3)7-8-12(5-2)16-13-14-9-6-10-15-13/h5-10H,2,4H2,1,3H3/b11-7-,12-8+. The molecule has 0 saturated heterocycles. The summed E-state index contributed by atoms with van der Waals surface area (Å²) in [5.41, 5.74) is 1.34. The van der Waals surface area contributed by atoms with E-state index in [4.69, 9.17) is 0 Å². The first-order valence-electron chi connectivity index (χ1n) is 5.21. The summed E-state index contributed by atoms with van der Waals surface area (Å²) in [5.74, 6) is 0. The van der Waals surface area contributed by atoms with Crippen LogP contribution in [0.15, 0.2) is 58.9 Å². The highest BCUT2D eigenvalue weighted by Crippen LogP contribution is 2.23. The Bertz CT molecular complexity index is 394. The molecule has 0 saturated carbocycles. The fraction of sp³-hybridized carbons (Fsp3) is 0.231. The van der Waals surface area contributed by atoms with Gasteiger partial charge in [-0.15, -0.1) is 0 Å². The summed E-state index contributed by atoms with van der Waals surface area (Å²) >= 11 is 1.52. The predicted molar refractivity (Wildman–Crippen MR) is 70.2 cm³/mol. The molecule has 0 spiro atoms. The van der Waals surface area contributed by atoms with Crippen molar-refractivity contribution >= 4 is 11.8 Å². The van der Waals surface area contributed by atoms with E-state index in [0.29, 0.717) is 0 Å². The first kappa shape index (κ1) is 12.7. The molecular weight excluding hydrogens is 216 g/mol. The van der Waals surface area contributed by atoms with Crippen LogP contribution in [0.5, 0.6) is 0 Å². The number of rotatable bonds is 5. The molecule has 1 aromatic rings. The van der Waals surface area contributed by atoms with E-state index < -0.39 is 0 Å². The number of nitrogens with zero attached hydrogens (tertiary/aromatic N) is 2. The van der Waals surface area contributed by atoms with Crippen LogP contribution in [-0.4, -0.2) is 9.97 Å². The molecule has 0 aliphatic rings. The second-order valence-corrected chi connectivity index (χ2v) is 4.31. The van der Waals surface area contributed by atoms with Crippen LogP contribution in [-0.2, 0) is 0 Å². The molecule has 2 nitrogen and oxygen atoms in total. The van der Waals surface area contributed by atoms with E-state index >= 15 is 0 Å². The Morgan fingerprint density at radius 2 is 2.06 bits per heavy atom. The Kier molecular flexibility index (Phi) is 5.57. The lowest BCUT2D eigenvalue weighted by Gasteiger charge is -1.99. The summed E-state index contributed by atoms with van der Waals surface area (Å²) < 4.78 is 0. The van der Waals surface area contributed by atoms with E-state index in [1.807, 2.05) is 18.2 Å². The smallest absolute Gasteiger partial charge is 0.192 e. The Morgan fingerprint density at radius 3 is 2.62 bits per heavy atom. The fourth-order valence-corrected chi connectivity index (χ4v) is 1.59. The highest BCUT2D eigenvalue weighted by atomic mass is 32.2. The quantitative estimate of drug-likeness (QED) is 0.436. The van der Waals surface area contributed by atoms with Crippen molar-refractivity contribution in [2.24, 2.45) is 0 Å². The van der Waals surface area contributed by atoms with E-state index in [-0.39, 0.29) is 0 Å². The third-order valence-electron chi connectivity index (χ3n) is 2.04. The molecule has 1 aromatic heterocycles. The number of hydrogen-bond acceptors (Lipinski definition) is 3. The molecule has 0 bridgehead atoms. The van der Waals surface area contributed by atoms with Crippen molar-refractivity contribution in [3.8, 4) is 0 Å². The zero-order valence-electron chi connectivity index (χ0n) is 9.68. The molecule has 0 N–H and O–H groups in total. The first-order chi connectivity index (χ1) is 7.76. The summed E-state index contributed by atoms with van der Waals surface area (Å²) in [5, 5.41) is 0.746. The molecule has 1 heterocycles. The topological polar surface area (TPSA) is 25.8 Å². The van der Waals surface area contributed by atoms with Crippen LogP contribution in [0.1, 0.15) is 20.3 Å². The second kappa shape index (κ2) is 7.01. The Hall–Kier alpha value is -1.35. The molecule has 0 unspecified atom stereocenters. The van der Waals surface area contributed by atoms with Crippen LogP contribution >= 0.6 is 11.8 Å². The van der Waals surface area contributed by atoms with Gasteiger partial charge in [-0.25, -0.2) is 9.97 Å². The van der Waals surface area contributed by atoms with Crippen molar-refractivity contribution in [1.82, 2.24) is 9.97 Å². The highest BCUT2D eigenvalue weighted by molar-refractivity contribution is 8.03. The van der Waals surface area contributed by atoms with Gasteiger partial charge in [0, 0.05) is 17.3 Å². The third kappa shape index (κ3) is 4.45. The lowest BCUT2D eigenvalue weighted by Crippen LogP contribution is -1.83. The average molecular weight is 232 g/mol. The van der Waals surface area contributed by atoms with Crippen molar-refractivity contribution in [3.05, 3.63) is 53.7 Å². The van der Waals surface area contributed by atoms with Gasteiger partial charge in [-0.3, -0.25) is 0 Å². The molecular formula is C13H16N2S. The lowest BCUT2D eigenvalue weighted by molar-refractivity contribution is 0.970. The molecule has 0 atom stereocenters. The van der Waals surface area contributed by atoms with E-state index in [1.54, 1.807) is 12.4 Å². The van der Waals surface area contributed by atoms with Gasteiger partial charge in [-0.1, -0.05) is 31.2 Å². The van der Waals surface area contributed by atoms with Crippen LogP contribution in [0.3, 0.4) is 0 Å². The van der Waals surface area contributed by atoms with Gasteiger partial charge in [0.2, 0.25) is 0 Å². The minimum atomic E-state index is 0.746. The molecule has 3 heteroatoms. The van der Waals surface area contributed by atoms with E-state index in [1.165, 1.54) is 17.3 Å². The van der Waals surface area contributed by atoms with Crippen LogP contribution in [0.2, 0.25) is 0 Å². The molecule has 84 valence electrons. The summed E-state index contributed by atoms with van der Waals surface area (Å²) in [6.45, 7) is 8.04. The number of allylic oxidation sites excluding steroid dienone is 4. The van der Waals surface area contributed by atoms with Crippen molar-refractivity contribution in [1.29, 1.82) is 0 Å². The maximum atomic E-state index is 4.16. The van der Waals surface area contributed by atoms with Crippen LogP contribution in [0.25, 0.3) is 0 Å². The average Bonchev–Trinajstić information content (AvgIpc) is 2.35. The largest absolute Gasteiger partial charge is 0.231 e. The lowest BCUT2D eigenvalue weighted by atomic mass is 10.2. The van der Waals surface area contributed by atoms with Gasteiger partial charge in [0.25, 0.3) is 0 Å². The van der Waals surface area contributed by atoms with Gasteiger partial charge < -0.3 is 0 Å². The summed E-state index contributed by atoms with van der Waals surface area (Å²) in [6.07, 6.45) is 10.5. The van der Waals surface area contributed by atoms with Gasteiger partial charge in [0.1, 0.15) is 0 Å². The van der Waals surface area contributed by atoms with Gasteiger partial charge in [0.05, 0.1) is 0 Å². The summed E-state index contributed by atoms with van der Waals surface area (Å²) in [6, 6.07) is 1.81. The summed E-state index contributed by atoms with van der Waals surface area (Å²) in [7, 11) is 0. The molecule has 16 heavy (non-hydrogen) atoms. The van der Waals surface area contributed by atoms with Crippen molar-refractivity contribution in [3.63, 3.8) is 0 Å². The van der Waals surface area contributed by atoms with Gasteiger partial charge in [-0.05, 0) is 37.2 Å². The van der Waals surface area contributed by atoms with Crippen LogP contribution in [0, 0.1) is 0 Å². The van der Waals surface area contributed by atoms with E-state index in [0.717, 1.165) is 16.5 Å².